The Morgan fingerprint density at radius 1 is 1.20 bits per heavy atom. The maximum atomic E-state index is 5.98. The minimum Gasteiger partial charge on any atom is -0.487 e. The van der Waals surface area contributed by atoms with Gasteiger partial charge in [0, 0.05) is 12.5 Å². The van der Waals surface area contributed by atoms with Crippen molar-refractivity contribution in [2.45, 2.75) is 65.5 Å². The van der Waals surface area contributed by atoms with E-state index in [0.29, 0.717) is 12.0 Å². The lowest BCUT2D eigenvalue weighted by Crippen LogP contribution is -2.27. The molecule has 0 aromatic heterocycles. The normalized spacial score (nSPS) is 17.9. The summed E-state index contributed by atoms with van der Waals surface area (Å²) in [6, 6.07) is 7.22. The van der Waals surface area contributed by atoms with Crippen molar-refractivity contribution in [1.82, 2.24) is 5.32 Å². The molecule has 0 radical (unpaired) electrons. The molecule has 0 spiro atoms. The van der Waals surface area contributed by atoms with Gasteiger partial charge in [-0.3, -0.25) is 0 Å². The highest BCUT2D eigenvalue weighted by Crippen LogP contribution is 2.37. The number of rotatable bonds is 6. The average molecular weight is 275 g/mol. The largest absolute Gasteiger partial charge is 0.487 e. The molecular formula is C18H29NO. The molecule has 1 unspecified atom stereocenters. The van der Waals surface area contributed by atoms with Crippen molar-refractivity contribution < 1.29 is 4.74 Å². The summed E-state index contributed by atoms with van der Waals surface area (Å²) < 4.78 is 5.98. The first-order valence-electron chi connectivity index (χ1n) is 8.06. The topological polar surface area (TPSA) is 21.3 Å². The van der Waals surface area contributed by atoms with E-state index >= 15 is 0 Å². The summed E-state index contributed by atoms with van der Waals surface area (Å²) in [6.45, 7) is 12.1. The van der Waals surface area contributed by atoms with E-state index in [9.17, 15) is 0 Å². The van der Waals surface area contributed by atoms with E-state index in [1.807, 2.05) is 0 Å². The molecule has 1 heterocycles. The minimum absolute atomic E-state index is 0.0520. The number of hydrogen-bond acceptors (Lipinski definition) is 2. The molecule has 2 nitrogen and oxygen atoms in total. The Morgan fingerprint density at radius 3 is 2.50 bits per heavy atom. The van der Waals surface area contributed by atoms with Gasteiger partial charge in [-0.25, -0.2) is 0 Å². The van der Waals surface area contributed by atoms with Crippen molar-refractivity contribution in [3.63, 3.8) is 0 Å². The Kier molecular flexibility index (Phi) is 4.74. The summed E-state index contributed by atoms with van der Waals surface area (Å²) in [4.78, 5) is 0. The summed E-state index contributed by atoms with van der Waals surface area (Å²) in [5.74, 6) is 1.77. The fourth-order valence-corrected chi connectivity index (χ4v) is 3.36. The van der Waals surface area contributed by atoms with Crippen molar-refractivity contribution in [2.24, 2.45) is 5.92 Å². The quantitative estimate of drug-likeness (QED) is 0.826. The maximum absolute atomic E-state index is 5.98. The Labute approximate surface area is 123 Å². The van der Waals surface area contributed by atoms with Gasteiger partial charge in [0.1, 0.15) is 11.4 Å². The van der Waals surface area contributed by atoms with Gasteiger partial charge in [-0.2, -0.15) is 0 Å². The van der Waals surface area contributed by atoms with Crippen LogP contribution in [0.25, 0.3) is 0 Å². The van der Waals surface area contributed by atoms with Crippen LogP contribution < -0.4 is 10.1 Å². The van der Waals surface area contributed by atoms with E-state index in [0.717, 1.165) is 18.7 Å². The zero-order valence-electron chi connectivity index (χ0n) is 13.6. The molecule has 1 atom stereocenters. The lowest BCUT2D eigenvalue weighted by molar-refractivity contribution is 0.138. The van der Waals surface area contributed by atoms with Crippen LogP contribution in [0.2, 0.25) is 0 Å². The fourth-order valence-electron chi connectivity index (χ4n) is 3.36. The van der Waals surface area contributed by atoms with Crippen LogP contribution >= 0.6 is 0 Å². The molecule has 1 aliphatic heterocycles. The van der Waals surface area contributed by atoms with Gasteiger partial charge in [-0.15, -0.1) is 0 Å². The van der Waals surface area contributed by atoms with E-state index in [1.54, 1.807) is 0 Å². The van der Waals surface area contributed by atoms with Crippen LogP contribution in [0.1, 0.15) is 64.6 Å². The molecule has 112 valence electrons. The SMILES string of the molecule is CCNC(c1ccc2c(c1)CC(C)(C)O2)C(CC)CC. The third-order valence-electron chi connectivity index (χ3n) is 4.39. The minimum atomic E-state index is -0.0520. The summed E-state index contributed by atoms with van der Waals surface area (Å²) in [5.41, 5.74) is 2.73. The van der Waals surface area contributed by atoms with Crippen molar-refractivity contribution in [2.75, 3.05) is 6.54 Å². The third-order valence-corrected chi connectivity index (χ3v) is 4.39. The fraction of sp³-hybridized carbons (Fsp3) is 0.667. The molecule has 0 bridgehead atoms. The van der Waals surface area contributed by atoms with Gasteiger partial charge < -0.3 is 10.1 Å². The second-order valence-corrected chi connectivity index (χ2v) is 6.52. The number of ether oxygens (including phenoxy) is 1. The number of nitrogens with one attached hydrogen (secondary N) is 1. The second-order valence-electron chi connectivity index (χ2n) is 6.52. The van der Waals surface area contributed by atoms with Crippen LogP contribution in [0.5, 0.6) is 5.75 Å². The van der Waals surface area contributed by atoms with Crippen LogP contribution in [-0.4, -0.2) is 12.1 Å². The molecule has 1 N–H and O–H groups in total. The van der Waals surface area contributed by atoms with E-state index in [-0.39, 0.29) is 5.60 Å². The molecule has 0 saturated heterocycles. The van der Waals surface area contributed by atoms with Gasteiger partial charge in [0.15, 0.2) is 0 Å². The molecule has 2 rings (SSSR count). The molecule has 0 saturated carbocycles. The highest BCUT2D eigenvalue weighted by Gasteiger charge is 2.31. The highest BCUT2D eigenvalue weighted by molar-refractivity contribution is 5.42. The van der Waals surface area contributed by atoms with Crippen molar-refractivity contribution in [1.29, 1.82) is 0 Å². The molecule has 1 aromatic carbocycles. The Morgan fingerprint density at radius 2 is 1.90 bits per heavy atom. The molecule has 0 amide bonds. The van der Waals surface area contributed by atoms with E-state index in [1.165, 1.54) is 24.0 Å². The van der Waals surface area contributed by atoms with Gasteiger partial charge in [0.2, 0.25) is 0 Å². The predicted molar refractivity (Wildman–Crippen MR) is 85.3 cm³/mol. The second kappa shape index (κ2) is 6.17. The summed E-state index contributed by atoms with van der Waals surface area (Å²) in [5, 5.41) is 3.67. The Hall–Kier alpha value is -1.02. The summed E-state index contributed by atoms with van der Waals surface area (Å²) in [7, 11) is 0. The van der Waals surface area contributed by atoms with Crippen LogP contribution in [0, 0.1) is 5.92 Å². The predicted octanol–water partition coefficient (Wildman–Crippen LogP) is 4.49. The van der Waals surface area contributed by atoms with Gasteiger partial charge >= 0.3 is 0 Å². The number of fused-ring (bicyclic) bond motifs is 1. The zero-order valence-corrected chi connectivity index (χ0v) is 13.6. The van der Waals surface area contributed by atoms with E-state index < -0.39 is 0 Å². The smallest absolute Gasteiger partial charge is 0.123 e. The third kappa shape index (κ3) is 3.17. The molecule has 0 fully saturated rings. The molecular weight excluding hydrogens is 246 g/mol. The maximum Gasteiger partial charge on any atom is 0.123 e. The van der Waals surface area contributed by atoms with Crippen LogP contribution in [0.4, 0.5) is 0 Å². The Balaban J connectivity index is 2.27. The van der Waals surface area contributed by atoms with Crippen LogP contribution in [-0.2, 0) is 6.42 Å². The molecule has 0 aliphatic carbocycles. The van der Waals surface area contributed by atoms with Crippen LogP contribution in [0.15, 0.2) is 18.2 Å². The molecule has 1 aliphatic rings. The van der Waals surface area contributed by atoms with Crippen molar-refractivity contribution in [3.05, 3.63) is 29.3 Å². The lowest BCUT2D eigenvalue weighted by Gasteiger charge is -2.27. The first-order chi connectivity index (χ1) is 9.50. The van der Waals surface area contributed by atoms with Gasteiger partial charge in [-0.1, -0.05) is 45.7 Å². The van der Waals surface area contributed by atoms with Crippen molar-refractivity contribution in [3.8, 4) is 5.75 Å². The monoisotopic (exact) mass is 275 g/mol. The van der Waals surface area contributed by atoms with Gasteiger partial charge in [0.25, 0.3) is 0 Å². The molecule has 2 heteroatoms. The number of benzene rings is 1. The van der Waals surface area contributed by atoms with Crippen LogP contribution in [0.3, 0.4) is 0 Å². The van der Waals surface area contributed by atoms with Crippen molar-refractivity contribution >= 4 is 0 Å². The van der Waals surface area contributed by atoms with E-state index in [4.69, 9.17) is 4.74 Å². The number of hydrogen-bond donors (Lipinski definition) is 1. The Bertz CT molecular complexity index is 449. The van der Waals surface area contributed by atoms with Gasteiger partial charge in [-0.05, 0) is 43.5 Å². The van der Waals surface area contributed by atoms with Gasteiger partial charge in [0.05, 0.1) is 0 Å². The molecule has 1 aromatic rings. The standard InChI is InChI=1S/C18H29NO/c1-6-13(7-2)17(19-8-3)14-9-10-16-15(11-14)12-18(4,5)20-16/h9-11,13,17,19H,6-8,12H2,1-5H3. The first-order valence-corrected chi connectivity index (χ1v) is 8.06. The zero-order chi connectivity index (χ0) is 14.8. The average Bonchev–Trinajstić information content (AvgIpc) is 2.71. The summed E-state index contributed by atoms with van der Waals surface area (Å²) in [6.07, 6.45) is 3.44. The summed E-state index contributed by atoms with van der Waals surface area (Å²) >= 11 is 0. The molecule has 20 heavy (non-hydrogen) atoms. The van der Waals surface area contributed by atoms with E-state index in [2.05, 4.69) is 58.1 Å². The lowest BCUT2D eigenvalue weighted by atomic mass is 9.87. The highest BCUT2D eigenvalue weighted by atomic mass is 16.5. The first kappa shape index (κ1) is 15.4.